The molecule has 16 heavy (non-hydrogen) atoms. The summed E-state index contributed by atoms with van der Waals surface area (Å²) in [6.07, 6.45) is 0. The van der Waals surface area contributed by atoms with Gasteiger partial charge < -0.3 is 10.7 Å². The van der Waals surface area contributed by atoms with E-state index >= 15 is 0 Å². The number of fused-ring (bicyclic) bond motifs is 1. The highest BCUT2D eigenvalue weighted by molar-refractivity contribution is 7.99. The van der Waals surface area contributed by atoms with Crippen LogP contribution >= 0.6 is 11.8 Å². The quantitative estimate of drug-likeness (QED) is 0.474. The molecule has 4 nitrogen and oxygen atoms in total. The number of nitrogens with one attached hydrogen (secondary N) is 1. The largest absolute Gasteiger partial charge is 0.399 e. The number of anilines is 1. The number of nitrogen functional groups attached to an aromatic ring is 1. The summed E-state index contributed by atoms with van der Waals surface area (Å²) in [6.45, 7) is 4.11. The van der Waals surface area contributed by atoms with Crippen molar-refractivity contribution in [3.8, 4) is 0 Å². The van der Waals surface area contributed by atoms with Crippen molar-refractivity contribution in [2.45, 2.75) is 24.3 Å². The first-order chi connectivity index (χ1) is 7.56. The van der Waals surface area contributed by atoms with Crippen LogP contribution in [0.4, 0.5) is 5.69 Å². The number of hydrogen-bond acceptors (Lipinski definition) is 4. The molecule has 0 fully saturated rings. The second-order valence-corrected chi connectivity index (χ2v) is 5.38. The minimum atomic E-state index is -0.138. The lowest BCUT2D eigenvalue weighted by Gasteiger charge is -2.05. The molecule has 0 spiro atoms. The van der Waals surface area contributed by atoms with Gasteiger partial charge in [0.25, 0.3) is 5.56 Å². The van der Waals surface area contributed by atoms with Crippen LogP contribution in [0.2, 0.25) is 0 Å². The van der Waals surface area contributed by atoms with Crippen molar-refractivity contribution < 1.29 is 0 Å². The highest BCUT2D eigenvalue weighted by Crippen LogP contribution is 2.20. The molecule has 0 aliphatic heterocycles. The Labute approximate surface area is 97.3 Å². The standard InChI is InChI=1S/C11H13N3OS/c1-6(2)16-11-13-9-4-3-7(12)5-8(9)10(15)14-11/h3-6H,12H2,1-2H3,(H,13,14,15). The van der Waals surface area contributed by atoms with Crippen molar-refractivity contribution in [2.75, 3.05) is 5.73 Å². The van der Waals surface area contributed by atoms with Crippen LogP contribution in [0.25, 0.3) is 10.9 Å². The molecule has 84 valence electrons. The second-order valence-electron chi connectivity index (χ2n) is 3.81. The minimum Gasteiger partial charge on any atom is -0.399 e. The van der Waals surface area contributed by atoms with Gasteiger partial charge in [-0.05, 0) is 18.2 Å². The van der Waals surface area contributed by atoms with Crippen molar-refractivity contribution in [1.82, 2.24) is 9.97 Å². The molecule has 2 rings (SSSR count). The number of nitrogens with zero attached hydrogens (tertiary/aromatic N) is 1. The molecule has 0 saturated carbocycles. The van der Waals surface area contributed by atoms with Crippen LogP contribution in [0.1, 0.15) is 13.8 Å². The van der Waals surface area contributed by atoms with Gasteiger partial charge in [-0.1, -0.05) is 25.6 Å². The number of rotatable bonds is 2. The molecular formula is C11H13N3OS. The third-order valence-corrected chi connectivity index (χ3v) is 2.94. The van der Waals surface area contributed by atoms with Crippen LogP contribution < -0.4 is 11.3 Å². The van der Waals surface area contributed by atoms with Gasteiger partial charge in [0.1, 0.15) is 0 Å². The first kappa shape index (κ1) is 11.0. The number of aromatic amines is 1. The topological polar surface area (TPSA) is 71.8 Å². The monoisotopic (exact) mass is 235 g/mol. The van der Waals surface area contributed by atoms with E-state index < -0.39 is 0 Å². The number of thioether (sulfide) groups is 1. The Hall–Kier alpha value is -1.49. The van der Waals surface area contributed by atoms with Gasteiger partial charge in [0.05, 0.1) is 10.9 Å². The Kier molecular flexibility index (Phi) is 2.87. The van der Waals surface area contributed by atoms with Crippen molar-refractivity contribution in [1.29, 1.82) is 0 Å². The van der Waals surface area contributed by atoms with Crippen LogP contribution in [-0.4, -0.2) is 15.2 Å². The molecule has 0 aliphatic carbocycles. The summed E-state index contributed by atoms with van der Waals surface area (Å²) in [5, 5.41) is 1.57. The van der Waals surface area contributed by atoms with Crippen LogP contribution in [-0.2, 0) is 0 Å². The van der Waals surface area contributed by atoms with Gasteiger partial charge >= 0.3 is 0 Å². The fourth-order valence-electron chi connectivity index (χ4n) is 1.41. The Bertz CT molecular complexity index is 577. The molecular weight excluding hydrogens is 222 g/mol. The Morgan fingerprint density at radius 3 is 2.88 bits per heavy atom. The van der Waals surface area contributed by atoms with Gasteiger partial charge in [0, 0.05) is 10.9 Å². The lowest BCUT2D eigenvalue weighted by atomic mass is 10.2. The first-order valence-electron chi connectivity index (χ1n) is 5.02. The van der Waals surface area contributed by atoms with Gasteiger partial charge in [-0.25, -0.2) is 4.98 Å². The predicted octanol–water partition coefficient (Wildman–Crippen LogP) is 2.01. The molecule has 1 heterocycles. The van der Waals surface area contributed by atoms with Gasteiger partial charge in [0.15, 0.2) is 5.16 Å². The molecule has 0 saturated heterocycles. The minimum absolute atomic E-state index is 0.138. The van der Waals surface area contributed by atoms with E-state index in [1.54, 1.807) is 18.2 Å². The van der Waals surface area contributed by atoms with E-state index in [9.17, 15) is 4.79 Å². The average molecular weight is 235 g/mol. The molecule has 5 heteroatoms. The van der Waals surface area contributed by atoms with E-state index in [0.29, 0.717) is 27.0 Å². The fraction of sp³-hybridized carbons (Fsp3) is 0.273. The Morgan fingerprint density at radius 2 is 2.19 bits per heavy atom. The third kappa shape index (κ3) is 2.19. The zero-order valence-corrected chi connectivity index (χ0v) is 9.97. The summed E-state index contributed by atoms with van der Waals surface area (Å²) in [5.74, 6) is 0. The average Bonchev–Trinajstić information content (AvgIpc) is 2.18. The van der Waals surface area contributed by atoms with E-state index in [4.69, 9.17) is 5.73 Å². The molecule has 1 aromatic carbocycles. The summed E-state index contributed by atoms with van der Waals surface area (Å²) in [7, 11) is 0. The summed E-state index contributed by atoms with van der Waals surface area (Å²) >= 11 is 1.53. The van der Waals surface area contributed by atoms with E-state index in [2.05, 4.69) is 23.8 Å². The summed E-state index contributed by atoms with van der Waals surface area (Å²) < 4.78 is 0. The smallest absolute Gasteiger partial charge is 0.259 e. The highest BCUT2D eigenvalue weighted by Gasteiger charge is 2.06. The van der Waals surface area contributed by atoms with Crippen LogP contribution in [0.15, 0.2) is 28.2 Å². The lowest BCUT2D eigenvalue weighted by molar-refractivity contribution is 0.960. The molecule has 1 aromatic heterocycles. The molecule has 0 bridgehead atoms. The lowest BCUT2D eigenvalue weighted by Crippen LogP contribution is -2.10. The summed E-state index contributed by atoms with van der Waals surface area (Å²) in [4.78, 5) is 18.9. The second kappa shape index (κ2) is 4.17. The summed E-state index contributed by atoms with van der Waals surface area (Å²) in [6, 6.07) is 5.16. The molecule has 0 radical (unpaired) electrons. The molecule has 0 aliphatic rings. The number of nitrogens with two attached hydrogens (primary N) is 1. The van der Waals surface area contributed by atoms with Gasteiger partial charge in [-0.3, -0.25) is 4.79 Å². The third-order valence-electron chi connectivity index (χ3n) is 2.06. The maximum Gasteiger partial charge on any atom is 0.259 e. The van der Waals surface area contributed by atoms with Crippen molar-refractivity contribution in [3.63, 3.8) is 0 Å². The zero-order chi connectivity index (χ0) is 11.7. The normalized spacial score (nSPS) is 11.2. The maximum absolute atomic E-state index is 11.8. The van der Waals surface area contributed by atoms with E-state index in [1.165, 1.54) is 11.8 Å². The zero-order valence-electron chi connectivity index (χ0n) is 9.15. The molecule has 0 amide bonds. The van der Waals surface area contributed by atoms with Crippen LogP contribution in [0.3, 0.4) is 0 Å². The Balaban J connectivity index is 2.59. The SMILES string of the molecule is CC(C)Sc1nc2ccc(N)cc2c(=O)[nH]1. The predicted molar refractivity (Wildman–Crippen MR) is 67.8 cm³/mol. The first-order valence-corrected chi connectivity index (χ1v) is 5.90. The van der Waals surface area contributed by atoms with Crippen LogP contribution in [0, 0.1) is 0 Å². The number of aromatic nitrogens is 2. The van der Waals surface area contributed by atoms with Gasteiger partial charge in [-0.15, -0.1) is 0 Å². The van der Waals surface area contributed by atoms with Gasteiger partial charge in [0.2, 0.25) is 0 Å². The van der Waals surface area contributed by atoms with Gasteiger partial charge in [-0.2, -0.15) is 0 Å². The number of hydrogen-bond donors (Lipinski definition) is 2. The number of H-pyrrole nitrogens is 1. The van der Waals surface area contributed by atoms with E-state index in [-0.39, 0.29) is 5.56 Å². The van der Waals surface area contributed by atoms with Crippen LogP contribution in [0.5, 0.6) is 0 Å². The highest BCUT2D eigenvalue weighted by atomic mass is 32.2. The van der Waals surface area contributed by atoms with Crippen molar-refractivity contribution in [3.05, 3.63) is 28.6 Å². The molecule has 0 atom stereocenters. The Morgan fingerprint density at radius 1 is 1.44 bits per heavy atom. The fourth-order valence-corrected chi connectivity index (χ4v) is 2.16. The van der Waals surface area contributed by atoms with E-state index in [0.717, 1.165) is 0 Å². The molecule has 0 unspecified atom stereocenters. The van der Waals surface area contributed by atoms with Crippen molar-refractivity contribution in [2.24, 2.45) is 0 Å². The maximum atomic E-state index is 11.8. The van der Waals surface area contributed by atoms with E-state index in [1.807, 2.05) is 0 Å². The molecule has 3 N–H and O–H groups in total. The van der Waals surface area contributed by atoms with Crippen molar-refractivity contribution >= 4 is 28.4 Å². The molecule has 2 aromatic rings. The number of benzene rings is 1. The summed E-state index contributed by atoms with van der Waals surface area (Å²) in [5.41, 5.74) is 6.74.